The van der Waals surface area contributed by atoms with Crippen molar-refractivity contribution < 1.29 is 28.5 Å². The van der Waals surface area contributed by atoms with E-state index < -0.39 is 30.4 Å². The highest BCUT2D eigenvalue weighted by molar-refractivity contribution is 6.39. The molecule has 3 N–H and O–H groups in total. The van der Waals surface area contributed by atoms with Gasteiger partial charge in [-0.05, 0) is 22.8 Å². The third kappa shape index (κ3) is 8.08. The summed E-state index contributed by atoms with van der Waals surface area (Å²) in [6.45, 7) is 1.28. The maximum Gasteiger partial charge on any atom is 0.355 e. The minimum Gasteiger partial charge on any atom is -0.464 e. The lowest BCUT2D eigenvalue weighted by molar-refractivity contribution is -0.132. The van der Waals surface area contributed by atoms with E-state index in [0.717, 1.165) is 16.7 Å². The van der Waals surface area contributed by atoms with Crippen molar-refractivity contribution in [1.29, 1.82) is 5.41 Å². The smallest absolute Gasteiger partial charge is 0.355 e. The number of esters is 1. The summed E-state index contributed by atoms with van der Waals surface area (Å²) in [4.78, 5) is 11.9. The number of benzene rings is 3. The number of methoxy groups -OCH3 is 1. The summed E-state index contributed by atoms with van der Waals surface area (Å²) in [5.41, 5.74) is 9.20. The Labute approximate surface area is 228 Å². The van der Waals surface area contributed by atoms with Crippen LogP contribution in [-0.2, 0) is 48.3 Å². The lowest BCUT2D eigenvalue weighted by atomic mass is 10.0. The largest absolute Gasteiger partial charge is 0.464 e. The van der Waals surface area contributed by atoms with E-state index in [4.69, 9.17) is 30.1 Å². The van der Waals surface area contributed by atoms with E-state index in [2.05, 4.69) is 4.74 Å². The molecule has 0 unspecified atom stereocenters. The number of carbonyl (C=O) groups is 1. The summed E-state index contributed by atoms with van der Waals surface area (Å²) >= 11 is 0. The van der Waals surface area contributed by atoms with Crippen LogP contribution in [0.1, 0.15) is 16.7 Å². The van der Waals surface area contributed by atoms with Crippen LogP contribution in [0.25, 0.3) is 0 Å². The molecule has 8 heteroatoms. The maximum absolute atomic E-state index is 11.9. The second kappa shape index (κ2) is 14.4. The summed E-state index contributed by atoms with van der Waals surface area (Å²) in [7, 11) is 1.21. The SMILES string of the molecule is COC(=O)C(=N)C=C(N)[C@@H]1O[C@H](COCc2ccccc2)[C@@H](OCc2ccccc2)[C@H]1OCc1ccccc1. The van der Waals surface area contributed by atoms with Crippen LogP contribution in [0.15, 0.2) is 103 Å². The monoisotopic (exact) mass is 530 g/mol. The number of nitrogens with one attached hydrogen (secondary N) is 1. The van der Waals surface area contributed by atoms with Crippen molar-refractivity contribution in [3.8, 4) is 0 Å². The Balaban J connectivity index is 1.56. The molecule has 0 spiro atoms. The minimum atomic E-state index is -0.794. The van der Waals surface area contributed by atoms with Gasteiger partial charge in [0.05, 0.1) is 33.5 Å². The molecule has 1 aliphatic heterocycles. The first-order chi connectivity index (χ1) is 19.0. The van der Waals surface area contributed by atoms with Crippen molar-refractivity contribution in [3.63, 3.8) is 0 Å². The van der Waals surface area contributed by atoms with Crippen LogP contribution in [0, 0.1) is 5.41 Å². The minimum absolute atomic E-state index is 0.169. The van der Waals surface area contributed by atoms with Crippen molar-refractivity contribution in [2.75, 3.05) is 13.7 Å². The van der Waals surface area contributed by atoms with Gasteiger partial charge in [-0.15, -0.1) is 0 Å². The number of hydrogen-bond acceptors (Lipinski definition) is 8. The van der Waals surface area contributed by atoms with Crippen molar-refractivity contribution in [3.05, 3.63) is 119 Å². The third-order valence-electron chi connectivity index (χ3n) is 6.32. The zero-order valence-electron chi connectivity index (χ0n) is 21.9. The van der Waals surface area contributed by atoms with Crippen molar-refractivity contribution in [1.82, 2.24) is 0 Å². The summed E-state index contributed by atoms with van der Waals surface area (Å²) in [6, 6.07) is 29.5. The predicted molar refractivity (Wildman–Crippen MR) is 147 cm³/mol. The zero-order chi connectivity index (χ0) is 27.5. The van der Waals surface area contributed by atoms with Gasteiger partial charge in [-0.25, -0.2) is 4.79 Å². The lowest BCUT2D eigenvalue weighted by Gasteiger charge is -2.25. The molecule has 4 rings (SSSR count). The molecule has 0 saturated carbocycles. The molecule has 3 aromatic carbocycles. The van der Waals surface area contributed by atoms with E-state index in [1.165, 1.54) is 13.2 Å². The molecule has 0 aliphatic carbocycles. The molecule has 204 valence electrons. The molecule has 0 aromatic heterocycles. The molecular weight excluding hydrogens is 496 g/mol. The van der Waals surface area contributed by atoms with E-state index in [9.17, 15) is 4.79 Å². The Bertz CT molecular complexity index is 1220. The van der Waals surface area contributed by atoms with Crippen LogP contribution < -0.4 is 5.73 Å². The van der Waals surface area contributed by atoms with E-state index in [1.807, 2.05) is 91.0 Å². The van der Waals surface area contributed by atoms with Crippen LogP contribution in [-0.4, -0.2) is 49.8 Å². The van der Waals surface area contributed by atoms with Gasteiger partial charge < -0.3 is 29.4 Å². The van der Waals surface area contributed by atoms with Gasteiger partial charge in [0.15, 0.2) is 0 Å². The molecule has 4 atom stereocenters. The zero-order valence-corrected chi connectivity index (χ0v) is 21.9. The fourth-order valence-electron chi connectivity index (χ4n) is 4.33. The summed E-state index contributed by atoms with van der Waals surface area (Å²) < 4.78 is 29.8. The summed E-state index contributed by atoms with van der Waals surface area (Å²) in [5, 5.41) is 8.01. The average Bonchev–Trinajstić information content (AvgIpc) is 3.33. The second-order valence-electron chi connectivity index (χ2n) is 9.17. The molecule has 0 radical (unpaired) electrons. The number of nitrogens with two attached hydrogens (primary N) is 1. The fraction of sp³-hybridized carbons (Fsp3) is 0.290. The Morgan fingerprint density at radius 2 is 1.31 bits per heavy atom. The Morgan fingerprint density at radius 3 is 1.82 bits per heavy atom. The van der Waals surface area contributed by atoms with E-state index in [-0.39, 0.29) is 18.0 Å². The molecular formula is C31H34N2O6. The highest BCUT2D eigenvalue weighted by Crippen LogP contribution is 2.31. The highest BCUT2D eigenvalue weighted by atomic mass is 16.6. The first-order valence-corrected chi connectivity index (χ1v) is 12.8. The molecule has 1 saturated heterocycles. The highest BCUT2D eigenvalue weighted by Gasteiger charge is 2.47. The van der Waals surface area contributed by atoms with Crippen LogP contribution in [0.5, 0.6) is 0 Å². The molecule has 39 heavy (non-hydrogen) atoms. The summed E-state index contributed by atoms with van der Waals surface area (Å²) in [6.07, 6.45) is -1.20. The lowest BCUT2D eigenvalue weighted by Crippen LogP contribution is -2.40. The standard InChI is InChI=1S/C31H34N2O6/c1-35-31(34)26(33)17-25(32)28-30(38-20-24-15-9-4-10-16-24)29(37-19-23-13-7-3-8-14-23)27(39-28)21-36-18-22-11-5-2-6-12-22/h2-17,27-30,33H,18-21,32H2,1H3/t27-,28+,29-,30+/m1/s1. The molecule has 8 nitrogen and oxygen atoms in total. The molecule has 3 aromatic rings. The van der Waals surface area contributed by atoms with E-state index in [0.29, 0.717) is 19.8 Å². The van der Waals surface area contributed by atoms with Crippen LogP contribution in [0.3, 0.4) is 0 Å². The van der Waals surface area contributed by atoms with Crippen molar-refractivity contribution in [2.45, 2.75) is 44.2 Å². The van der Waals surface area contributed by atoms with Gasteiger partial charge in [-0.2, -0.15) is 0 Å². The van der Waals surface area contributed by atoms with Gasteiger partial charge in [0.1, 0.15) is 30.1 Å². The second-order valence-corrected chi connectivity index (χ2v) is 9.17. The molecule has 0 amide bonds. The third-order valence-corrected chi connectivity index (χ3v) is 6.32. The molecule has 1 heterocycles. The van der Waals surface area contributed by atoms with Crippen LogP contribution in [0.2, 0.25) is 0 Å². The van der Waals surface area contributed by atoms with Gasteiger partial charge in [0.25, 0.3) is 0 Å². The Hall–Kier alpha value is -3.82. The summed E-state index contributed by atoms with van der Waals surface area (Å²) in [5.74, 6) is -0.794. The fourth-order valence-corrected chi connectivity index (χ4v) is 4.33. The van der Waals surface area contributed by atoms with Crippen LogP contribution >= 0.6 is 0 Å². The molecule has 0 bridgehead atoms. The van der Waals surface area contributed by atoms with Crippen molar-refractivity contribution in [2.24, 2.45) is 5.73 Å². The van der Waals surface area contributed by atoms with E-state index in [1.54, 1.807) is 0 Å². The predicted octanol–water partition coefficient (Wildman–Crippen LogP) is 4.18. The number of hydrogen-bond donors (Lipinski definition) is 2. The van der Waals surface area contributed by atoms with E-state index >= 15 is 0 Å². The van der Waals surface area contributed by atoms with Gasteiger partial charge in [-0.1, -0.05) is 91.0 Å². The number of ether oxygens (including phenoxy) is 5. The van der Waals surface area contributed by atoms with Gasteiger partial charge in [0, 0.05) is 5.70 Å². The van der Waals surface area contributed by atoms with Crippen LogP contribution in [0.4, 0.5) is 0 Å². The molecule has 1 aliphatic rings. The van der Waals surface area contributed by atoms with Gasteiger partial charge >= 0.3 is 5.97 Å². The Morgan fingerprint density at radius 1 is 0.821 bits per heavy atom. The molecule has 1 fully saturated rings. The first kappa shape index (κ1) is 28.2. The topological polar surface area (TPSA) is 113 Å². The number of rotatable bonds is 13. The van der Waals surface area contributed by atoms with Crippen molar-refractivity contribution >= 4 is 11.7 Å². The number of carbonyl (C=O) groups excluding carboxylic acids is 1. The first-order valence-electron chi connectivity index (χ1n) is 12.8. The average molecular weight is 531 g/mol. The normalized spacial score (nSPS) is 21.0. The van der Waals surface area contributed by atoms with Gasteiger partial charge in [0.2, 0.25) is 0 Å². The quantitative estimate of drug-likeness (QED) is 0.252. The van der Waals surface area contributed by atoms with Gasteiger partial charge in [-0.3, -0.25) is 5.41 Å². The maximum atomic E-state index is 11.9. The Kier molecular flexibility index (Phi) is 10.4.